The summed E-state index contributed by atoms with van der Waals surface area (Å²) in [5, 5.41) is 2.93. The first kappa shape index (κ1) is 17.7. The lowest BCUT2D eigenvalue weighted by atomic mass is 9.98. The van der Waals surface area contributed by atoms with E-state index in [2.05, 4.69) is 5.32 Å². The van der Waals surface area contributed by atoms with E-state index in [4.69, 9.17) is 15.2 Å². The number of carbonyl (C=O) groups is 1. The van der Waals surface area contributed by atoms with E-state index in [1.165, 1.54) is 0 Å². The van der Waals surface area contributed by atoms with Gasteiger partial charge in [0.25, 0.3) is 0 Å². The highest BCUT2D eigenvalue weighted by molar-refractivity contribution is 5.86. The predicted molar refractivity (Wildman–Crippen MR) is 80.1 cm³/mol. The molecule has 1 heterocycles. The van der Waals surface area contributed by atoms with Gasteiger partial charge in [0.2, 0.25) is 5.91 Å². The van der Waals surface area contributed by atoms with Gasteiger partial charge in [-0.15, -0.1) is 12.4 Å². The molecule has 1 aliphatic heterocycles. The maximum atomic E-state index is 11.9. The summed E-state index contributed by atoms with van der Waals surface area (Å²) in [6.45, 7) is 2.96. The fourth-order valence-corrected chi connectivity index (χ4v) is 2.78. The number of nitrogens with two attached hydrogens (primary N) is 1. The topological polar surface area (TPSA) is 73.6 Å². The van der Waals surface area contributed by atoms with Crippen LogP contribution < -0.4 is 11.1 Å². The molecule has 0 atom stereocenters. The van der Waals surface area contributed by atoms with Gasteiger partial charge in [-0.2, -0.15) is 0 Å². The molecule has 2 fully saturated rings. The molecule has 118 valence electrons. The van der Waals surface area contributed by atoms with Crippen molar-refractivity contribution in [2.45, 2.75) is 56.6 Å². The summed E-state index contributed by atoms with van der Waals surface area (Å²) in [7, 11) is 0. The highest BCUT2D eigenvalue weighted by atomic mass is 35.5. The van der Waals surface area contributed by atoms with E-state index < -0.39 is 5.54 Å². The number of hydrogen-bond donors (Lipinski definition) is 2. The molecule has 0 spiro atoms. The van der Waals surface area contributed by atoms with E-state index in [0.717, 1.165) is 58.2 Å². The Kier molecular flexibility index (Phi) is 7.80. The first-order chi connectivity index (χ1) is 9.21. The van der Waals surface area contributed by atoms with Crippen LogP contribution in [0.1, 0.15) is 44.9 Å². The third kappa shape index (κ3) is 5.20. The van der Waals surface area contributed by atoms with Crippen LogP contribution in [0.4, 0.5) is 0 Å². The van der Waals surface area contributed by atoms with E-state index in [0.29, 0.717) is 19.3 Å². The number of amides is 1. The lowest BCUT2D eigenvalue weighted by Crippen LogP contribution is -2.52. The Morgan fingerprint density at radius 3 is 2.60 bits per heavy atom. The molecule has 1 saturated carbocycles. The predicted octanol–water partition coefficient (Wildman–Crippen LogP) is 1.38. The van der Waals surface area contributed by atoms with Gasteiger partial charge in [-0.3, -0.25) is 4.79 Å². The van der Waals surface area contributed by atoms with Crippen molar-refractivity contribution < 1.29 is 14.3 Å². The number of ether oxygens (including phenoxy) is 2. The molecule has 5 nitrogen and oxygen atoms in total. The summed E-state index contributed by atoms with van der Waals surface area (Å²) >= 11 is 0. The molecule has 0 radical (unpaired) electrons. The highest BCUT2D eigenvalue weighted by Gasteiger charge is 2.36. The van der Waals surface area contributed by atoms with Crippen molar-refractivity contribution in [2.75, 3.05) is 26.4 Å². The van der Waals surface area contributed by atoms with Crippen LogP contribution in [-0.4, -0.2) is 43.9 Å². The molecule has 2 rings (SSSR count). The maximum Gasteiger partial charge on any atom is 0.240 e. The summed E-state index contributed by atoms with van der Waals surface area (Å²) < 4.78 is 11.0. The van der Waals surface area contributed by atoms with Gasteiger partial charge in [-0.05, 0) is 32.1 Å². The van der Waals surface area contributed by atoms with Gasteiger partial charge in [0.15, 0.2) is 0 Å². The van der Waals surface area contributed by atoms with Crippen LogP contribution in [0.15, 0.2) is 0 Å². The zero-order valence-electron chi connectivity index (χ0n) is 12.1. The van der Waals surface area contributed by atoms with Gasteiger partial charge in [0.1, 0.15) is 0 Å². The second kappa shape index (κ2) is 8.82. The second-order valence-electron chi connectivity index (χ2n) is 5.66. The molecular weight excluding hydrogens is 280 g/mol. The number of hydrogen-bond acceptors (Lipinski definition) is 4. The molecule has 0 unspecified atom stereocenters. The minimum atomic E-state index is -0.610. The SMILES string of the molecule is Cl.NC1(C(=O)NCCCOC2CCOCC2)CCCC1. The third-order valence-electron chi connectivity index (χ3n) is 4.08. The first-order valence-corrected chi connectivity index (χ1v) is 7.47. The zero-order valence-corrected chi connectivity index (χ0v) is 12.9. The zero-order chi connectivity index (χ0) is 13.6. The van der Waals surface area contributed by atoms with Gasteiger partial charge in [-0.1, -0.05) is 12.8 Å². The Morgan fingerprint density at radius 1 is 1.30 bits per heavy atom. The van der Waals surface area contributed by atoms with Crippen molar-refractivity contribution in [3.05, 3.63) is 0 Å². The van der Waals surface area contributed by atoms with Crippen molar-refractivity contribution in [2.24, 2.45) is 5.73 Å². The van der Waals surface area contributed by atoms with Crippen LogP contribution in [0, 0.1) is 0 Å². The minimum absolute atomic E-state index is 0. The number of halogens is 1. The Labute approximate surface area is 127 Å². The summed E-state index contributed by atoms with van der Waals surface area (Å²) in [6, 6.07) is 0. The van der Waals surface area contributed by atoms with Crippen molar-refractivity contribution >= 4 is 18.3 Å². The van der Waals surface area contributed by atoms with Crippen molar-refractivity contribution in [3.63, 3.8) is 0 Å². The van der Waals surface area contributed by atoms with Gasteiger partial charge < -0.3 is 20.5 Å². The van der Waals surface area contributed by atoms with Crippen LogP contribution in [0.25, 0.3) is 0 Å². The summed E-state index contributed by atoms with van der Waals surface area (Å²) in [4.78, 5) is 11.9. The lowest BCUT2D eigenvalue weighted by Gasteiger charge is -2.23. The van der Waals surface area contributed by atoms with E-state index in [9.17, 15) is 4.79 Å². The van der Waals surface area contributed by atoms with E-state index in [1.54, 1.807) is 0 Å². The summed E-state index contributed by atoms with van der Waals surface area (Å²) in [5.74, 6) is 0.0102. The van der Waals surface area contributed by atoms with Gasteiger partial charge in [0.05, 0.1) is 11.6 Å². The Bertz CT molecular complexity index is 290. The fourth-order valence-electron chi connectivity index (χ4n) is 2.78. The Morgan fingerprint density at radius 2 is 1.95 bits per heavy atom. The monoisotopic (exact) mass is 306 g/mol. The van der Waals surface area contributed by atoms with Crippen LogP contribution in [0.3, 0.4) is 0 Å². The van der Waals surface area contributed by atoms with Crippen molar-refractivity contribution in [3.8, 4) is 0 Å². The quantitative estimate of drug-likeness (QED) is 0.727. The standard InChI is InChI=1S/C14H26N2O3.ClH/c15-14(6-1-2-7-14)13(17)16-8-3-9-19-12-4-10-18-11-5-12;/h12H,1-11,15H2,(H,16,17);1H. The number of nitrogens with one attached hydrogen (secondary N) is 1. The summed E-state index contributed by atoms with van der Waals surface area (Å²) in [6.07, 6.45) is 6.91. The molecule has 0 aromatic carbocycles. The Hall–Kier alpha value is -0.360. The molecule has 0 bridgehead atoms. The molecule has 6 heteroatoms. The number of rotatable bonds is 6. The van der Waals surface area contributed by atoms with Crippen molar-refractivity contribution in [1.29, 1.82) is 0 Å². The van der Waals surface area contributed by atoms with Crippen molar-refractivity contribution in [1.82, 2.24) is 5.32 Å². The van der Waals surface area contributed by atoms with Gasteiger partial charge in [0, 0.05) is 26.4 Å². The molecule has 1 amide bonds. The number of carbonyl (C=O) groups excluding carboxylic acids is 1. The minimum Gasteiger partial charge on any atom is -0.381 e. The summed E-state index contributed by atoms with van der Waals surface area (Å²) in [5.41, 5.74) is 5.47. The van der Waals surface area contributed by atoms with Gasteiger partial charge >= 0.3 is 0 Å². The lowest BCUT2D eigenvalue weighted by molar-refractivity contribution is -0.126. The normalized spacial score (nSPS) is 22.2. The van der Waals surface area contributed by atoms with Crippen LogP contribution >= 0.6 is 12.4 Å². The fraction of sp³-hybridized carbons (Fsp3) is 0.929. The molecular formula is C14H27ClN2O3. The highest BCUT2D eigenvalue weighted by Crippen LogP contribution is 2.27. The molecule has 1 saturated heterocycles. The molecule has 1 aliphatic carbocycles. The average Bonchev–Trinajstić information content (AvgIpc) is 2.88. The Balaban J connectivity index is 0.00000200. The molecule has 0 aromatic heterocycles. The molecule has 2 aliphatic rings. The van der Waals surface area contributed by atoms with Crippen LogP contribution in [0.5, 0.6) is 0 Å². The molecule has 3 N–H and O–H groups in total. The molecule has 0 aromatic rings. The largest absolute Gasteiger partial charge is 0.381 e. The van der Waals surface area contributed by atoms with E-state index in [-0.39, 0.29) is 18.3 Å². The first-order valence-electron chi connectivity index (χ1n) is 7.47. The van der Waals surface area contributed by atoms with Gasteiger partial charge in [-0.25, -0.2) is 0 Å². The van der Waals surface area contributed by atoms with Crippen LogP contribution in [0.2, 0.25) is 0 Å². The average molecular weight is 307 g/mol. The van der Waals surface area contributed by atoms with E-state index >= 15 is 0 Å². The smallest absolute Gasteiger partial charge is 0.240 e. The third-order valence-corrected chi connectivity index (χ3v) is 4.08. The van der Waals surface area contributed by atoms with E-state index in [1.807, 2.05) is 0 Å². The molecule has 20 heavy (non-hydrogen) atoms. The maximum absolute atomic E-state index is 11.9. The second-order valence-corrected chi connectivity index (χ2v) is 5.66. The van der Waals surface area contributed by atoms with Crippen LogP contribution in [-0.2, 0) is 14.3 Å².